The van der Waals surface area contributed by atoms with E-state index >= 15 is 0 Å². The van der Waals surface area contributed by atoms with Gasteiger partial charge in [0.25, 0.3) is 0 Å². The molecule has 0 atom stereocenters. The molecule has 0 saturated carbocycles. The topological polar surface area (TPSA) is 53.2 Å². The molecule has 1 aromatic rings. The average Bonchev–Trinajstić information content (AvgIpc) is 2.17. The highest BCUT2D eigenvalue weighted by atomic mass is 16.5. The van der Waals surface area contributed by atoms with Crippen molar-refractivity contribution >= 4 is 0 Å². The molecule has 3 nitrogen and oxygen atoms in total. The minimum absolute atomic E-state index is 0.0432. The molecule has 0 unspecified atom stereocenters. The lowest BCUT2D eigenvalue weighted by Gasteiger charge is -2.12. The Hall–Kier alpha value is -1.53. The van der Waals surface area contributed by atoms with E-state index in [1.807, 2.05) is 19.9 Å². The van der Waals surface area contributed by atoms with Crippen LogP contribution in [-0.2, 0) is 0 Å². The molecule has 73 valence electrons. The van der Waals surface area contributed by atoms with Crippen LogP contribution < -0.4 is 4.74 Å². The second kappa shape index (κ2) is 4.64. The summed E-state index contributed by atoms with van der Waals surface area (Å²) in [6.07, 6.45) is 0.0432. The van der Waals surface area contributed by atoms with Gasteiger partial charge in [0.1, 0.15) is 12.4 Å². The maximum atomic E-state index is 8.94. The smallest absolute Gasteiger partial charge is 0.125 e. The van der Waals surface area contributed by atoms with Crippen molar-refractivity contribution in [2.24, 2.45) is 0 Å². The molecule has 1 N–H and O–H groups in total. The van der Waals surface area contributed by atoms with E-state index in [0.717, 1.165) is 6.61 Å². The lowest BCUT2D eigenvalue weighted by Crippen LogP contribution is -2.07. The first-order chi connectivity index (χ1) is 6.67. The summed E-state index contributed by atoms with van der Waals surface area (Å²) in [5.74, 6) is 0.585. The van der Waals surface area contributed by atoms with Crippen LogP contribution in [0.15, 0.2) is 18.2 Å². The van der Waals surface area contributed by atoms with Crippen molar-refractivity contribution in [3.05, 3.63) is 35.9 Å². The molecule has 0 fully saturated rings. The first kappa shape index (κ1) is 10.6. The van der Waals surface area contributed by atoms with Gasteiger partial charge in [-0.1, -0.05) is 0 Å². The van der Waals surface area contributed by atoms with Crippen molar-refractivity contribution in [2.75, 3.05) is 0 Å². The molecule has 0 bridgehead atoms. The molecule has 0 aliphatic rings. The Bertz CT molecular complexity index is 353. The maximum Gasteiger partial charge on any atom is 0.125 e. The van der Waals surface area contributed by atoms with Gasteiger partial charge in [0.05, 0.1) is 17.7 Å². The molecule has 1 aromatic carbocycles. The number of hydrogen-bond acceptors (Lipinski definition) is 3. The van der Waals surface area contributed by atoms with Gasteiger partial charge in [-0.05, 0) is 32.0 Å². The van der Waals surface area contributed by atoms with E-state index in [2.05, 4.69) is 0 Å². The van der Waals surface area contributed by atoms with Gasteiger partial charge in [0.15, 0.2) is 0 Å². The lowest BCUT2D eigenvalue weighted by molar-refractivity contribution is 0.238. The van der Waals surface area contributed by atoms with E-state index in [-0.39, 0.29) is 6.10 Å². The summed E-state index contributed by atoms with van der Waals surface area (Å²) in [5, 5.41) is 17.6. The lowest BCUT2D eigenvalue weighted by atomic mass is 10.1. The summed E-state index contributed by atoms with van der Waals surface area (Å²) in [4.78, 5) is 0. The number of aliphatic hydroxyl groups is 1. The van der Waals surface area contributed by atoms with Crippen LogP contribution in [0.2, 0.25) is 0 Å². The van der Waals surface area contributed by atoms with Gasteiger partial charge in [0, 0.05) is 5.56 Å². The number of rotatable bonds is 3. The van der Waals surface area contributed by atoms with Crippen LogP contribution >= 0.6 is 0 Å². The first-order valence-electron chi connectivity index (χ1n) is 4.35. The van der Waals surface area contributed by atoms with E-state index in [0.29, 0.717) is 16.9 Å². The highest BCUT2D eigenvalue weighted by Crippen LogP contribution is 2.21. The summed E-state index contributed by atoms with van der Waals surface area (Å²) in [5.41, 5.74) is 1.03. The Morgan fingerprint density at radius 2 is 2.21 bits per heavy atom. The SMILES string of the molecule is CC(C)Oc1ccc(C#N)cc1[CH]O. The van der Waals surface area contributed by atoms with Crippen LogP contribution in [0, 0.1) is 17.9 Å². The predicted molar refractivity (Wildman–Crippen MR) is 52.3 cm³/mol. The average molecular weight is 190 g/mol. The van der Waals surface area contributed by atoms with Gasteiger partial charge < -0.3 is 9.84 Å². The molecular weight excluding hydrogens is 178 g/mol. The zero-order valence-electron chi connectivity index (χ0n) is 8.19. The minimum atomic E-state index is 0.0432. The fraction of sp³-hybridized carbons (Fsp3) is 0.273. The summed E-state index contributed by atoms with van der Waals surface area (Å²) >= 11 is 0. The molecule has 3 heteroatoms. The molecule has 0 aromatic heterocycles. The first-order valence-corrected chi connectivity index (χ1v) is 4.35. The Balaban J connectivity index is 3.00. The highest BCUT2D eigenvalue weighted by Gasteiger charge is 2.06. The second-order valence-electron chi connectivity index (χ2n) is 3.16. The standard InChI is InChI=1S/C11H12NO2/c1-8(2)14-11-4-3-9(6-12)5-10(11)7-13/h3-5,7-8,13H,1-2H3. The molecule has 1 rings (SSSR count). The third kappa shape index (κ3) is 2.48. The Morgan fingerprint density at radius 3 is 2.71 bits per heavy atom. The van der Waals surface area contributed by atoms with Crippen molar-refractivity contribution in [1.29, 1.82) is 5.26 Å². The maximum absolute atomic E-state index is 8.94. The van der Waals surface area contributed by atoms with E-state index in [4.69, 9.17) is 15.1 Å². The van der Waals surface area contributed by atoms with Gasteiger partial charge in [-0.25, -0.2) is 0 Å². The number of ether oxygens (including phenoxy) is 1. The fourth-order valence-electron chi connectivity index (χ4n) is 1.08. The van der Waals surface area contributed by atoms with Gasteiger partial charge >= 0.3 is 0 Å². The molecule has 0 aliphatic carbocycles. The molecular formula is C11H12NO2. The number of nitrogens with zero attached hydrogens (tertiary/aromatic N) is 1. The van der Waals surface area contributed by atoms with Crippen molar-refractivity contribution in [2.45, 2.75) is 20.0 Å². The van der Waals surface area contributed by atoms with Crippen LogP contribution in [0.4, 0.5) is 0 Å². The molecule has 0 aliphatic heterocycles. The van der Waals surface area contributed by atoms with E-state index in [1.165, 1.54) is 0 Å². The zero-order chi connectivity index (χ0) is 10.6. The summed E-state index contributed by atoms with van der Waals surface area (Å²) in [6.45, 7) is 4.75. The quantitative estimate of drug-likeness (QED) is 0.795. The normalized spacial score (nSPS) is 9.93. The molecule has 0 amide bonds. The number of nitriles is 1. The van der Waals surface area contributed by atoms with Crippen molar-refractivity contribution in [1.82, 2.24) is 0 Å². The van der Waals surface area contributed by atoms with Crippen LogP contribution in [0.25, 0.3) is 0 Å². The van der Waals surface area contributed by atoms with Gasteiger partial charge in [-0.3, -0.25) is 0 Å². The van der Waals surface area contributed by atoms with Crippen LogP contribution in [0.1, 0.15) is 25.0 Å². The second-order valence-corrected chi connectivity index (χ2v) is 3.16. The Kier molecular flexibility index (Phi) is 3.49. The largest absolute Gasteiger partial charge is 0.491 e. The molecule has 0 heterocycles. The van der Waals surface area contributed by atoms with Crippen molar-refractivity contribution < 1.29 is 9.84 Å². The van der Waals surface area contributed by atoms with Gasteiger partial charge in [-0.15, -0.1) is 0 Å². The van der Waals surface area contributed by atoms with Crippen molar-refractivity contribution in [3.8, 4) is 11.8 Å². The van der Waals surface area contributed by atoms with Gasteiger partial charge in [-0.2, -0.15) is 5.26 Å². The Labute approximate surface area is 83.6 Å². The molecule has 1 radical (unpaired) electrons. The fourth-order valence-corrected chi connectivity index (χ4v) is 1.08. The number of aliphatic hydroxyl groups excluding tert-OH is 1. The number of benzene rings is 1. The minimum Gasteiger partial charge on any atom is -0.491 e. The summed E-state index contributed by atoms with van der Waals surface area (Å²) < 4.78 is 5.44. The van der Waals surface area contributed by atoms with Crippen LogP contribution in [0.3, 0.4) is 0 Å². The third-order valence-corrected chi connectivity index (χ3v) is 1.64. The summed E-state index contributed by atoms with van der Waals surface area (Å²) in [7, 11) is 0. The van der Waals surface area contributed by atoms with Gasteiger partial charge in [0.2, 0.25) is 0 Å². The van der Waals surface area contributed by atoms with Crippen LogP contribution in [0.5, 0.6) is 5.75 Å². The molecule has 0 spiro atoms. The zero-order valence-corrected chi connectivity index (χ0v) is 8.19. The van der Waals surface area contributed by atoms with E-state index in [9.17, 15) is 0 Å². The van der Waals surface area contributed by atoms with E-state index < -0.39 is 0 Å². The van der Waals surface area contributed by atoms with E-state index in [1.54, 1.807) is 18.2 Å². The monoisotopic (exact) mass is 190 g/mol. The predicted octanol–water partition coefficient (Wildman–Crippen LogP) is 2.23. The molecule has 0 saturated heterocycles. The highest BCUT2D eigenvalue weighted by molar-refractivity contribution is 5.44. The summed E-state index contributed by atoms with van der Waals surface area (Å²) in [6, 6.07) is 6.92. The Morgan fingerprint density at radius 1 is 1.50 bits per heavy atom. The van der Waals surface area contributed by atoms with Crippen LogP contribution in [-0.4, -0.2) is 11.2 Å². The molecule has 14 heavy (non-hydrogen) atoms. The number of hydrogen-bond donors (Lipinski definition) is 1. The third-order valence-electron chi connectivity index (χ3n) is 1.64. The van der Waals surface area contributed by atoms with Crippen molar-refractivity contribution in [3.63, 3.8) is 0 Å².